The van der Waals surface area contributed by atoms with Crippen LogP contribution in [0.4, 0.5) is 0 Å². The standard InChI is InChI=1S/C23H29ClN2O4/c1-13-16(21(27)28-5)17(23(12-25)10-11-23)18(24)20-19(13)29-22(2,30-20)14-6-8-15(9-7-14)26(3)4/h14-15H,6-11H2,1-5H3. The minimum atomic E-state index is -0.844. The molecule has 2 fully saturated rings. The number of hydrogen-bond donors (Lipinski definition) is 0. The Hall–Kier alpha value is -1.97. The molecule has 0 saturated heterocycles. The lowest BCUT2D eigenvalue weighted by atomic mass is 9.81. The summed E-state index contributed by atoms with van der Waals surface area (Å²) < 4.78 is 17.8. The molecule has 162 valence electrons. The monoisotopic (exact) mass is 432 g/mol. The highest BCUT2D eigenvalue weighted by molar-refractivity contribution is 6.34. The van der Waals surface area contributed by atoms with Gasteiger partial charge in [-0.2, -0.15) is 5.26 Å². The number of carbonyl (C=O) groups is 1. The van der Waals surface area contributed by atoms with Crippen LogP contribution in [0.25, 0.3) is 0 Å². The molecule has 0 spiro atoms. The summed E-state index contributed by atoms with van der Waals surface area (Å²) in [6.07, 6.45) is 5.47. The Morgan fingerprint density at radius 2 is 1.80 bits per heavy atom. The van der Waals surface area contributed by atoms with Crippen molar-refractivity contribution in [3.05, 3.63) is 21.7 Å². The van der Waals surface area contributed by atoms with E-state index < -0.39 is 17.2 Å². The molecule has 1 aromatic rings. The van der Waals surface area contributed by atoms with E-state index in [0.717, 1.165) is 25.7 Å². The minimum Gasteiger partial charge on any atom is -0.465 e. The summed E-state index contributed by atoms with van der Waals surface area (Å²) in [5.74, 6) is -0.181. The third kappa shape index (κ3) is 3.14. The molecule has 1 aliphatic heterocycles. The van der Waals surface area contributed by atoms with Crippen molar-refractivity contribution < 1.29 is 19.0 Å². The second kappa shape index (κ2) is 7.32. The predicted molar refractivity (Wildman–Crippen MR) is 113 cm³/mol. The van der Waals surface area contributed by atoms with Crippen molar-refractivity contribution in [2.24, 2.45) is 5.92 Å². The summed E-state index contributed by atoms with van der Waals surface area (Å²) >= 11 is 6.80. The SMILES string of the molecule is COC(=O)c1c(C)c2c(c(Cl)c1C1(C#N)CC1)OC(C)(C1CCC(N(C)C)CC1)O2. The number of esters is 1. The number of fused-ring (bicyclic) bond motifs is 1. The molecule has 1 aromatic carbocycles. The first-order chi connectivity index (χ1) is 14.2. The molecule has 1 heterocycles. The maximum absolute atomic E-state index is 12.7. The van der Waals surface area contributed by atoms with Crippen LogP contribution in [0.2, 0.25) is 5.02 Å². The van der Waals surface area contributed by atoms with E-state index in [1.807, 2.05) is 13.8 Å². The quantitative estimate of drug-likeness (QED) is 0.647. The number of ether oxygens (including phenoxy) is 3. The van der Waals surface area contributed by atoms with Crippen LogP contribution < -0.4 is 9.47 Å². The molecule has 0 bridgehead atoms. The van der Waals surface area contributed by atoms with Crippen molar-refractivity contribution in [1.29, 1.82) is 5.26 Å². The predicted octanol–water partition coefficient (Wildman–Crippen LogP) is 4.60. The molecule has 0 radical (unpaired) electrons. The van der Waals surface area contributed by atoms with Gasteiger partial charge in [0.2, 0.25) is 0 Å². The van der Waals surface area contributed by atoms with E-state index in [1.165, 1.54) is 7.11 Å². The lowest BCUT2D eigenvalue weighted by molar-refractivity contribution is -0.123. The number of benzene rings is 1. The van der Waals surface area contributed by atoms with Gasteiger partial charge in [-0.25, -0.2) is 4.79 Å². The Labute approximate surface area is 183 Å². The first-order valence-electron chi connectivity index (χ1n) is 10.6. The molecule has 30 heavy (non-hydrogen) atoms. The Kier molecular flexibility index (Phi) is 5.19. The van der Waals surface area contributed by atoms with E-state index in [-0.39, 0.29) is 5.92 Å². The van der Waals surface area contributed by atoms with Gasteiger partial charge in [0.05, 0.1) is 29.2 Å². The van der Waals surface area contributed by atoms with Gasteiger partial charge in [0.25, 0.3) is 5.79 Å². The Morgan fingerprint density at radius 1 is 1.20 bits per heavy atom. The third-order valence-electron chi connectivity index (χ3n) is 7.20. The molecule has 3 aliphatic rings. The molecule has 0 N–H and O–H groups in total. The number of halogens is 1. The summed E-state index contributed by atoms with van der Waals surface area (Å²) in [6.45, 7) is 3.77. The first kappa shape index (κ1) is 21.3. The van der Waals surface area contributed by atoms with Gasteiger partial charge in [0.1, 0.15) is 0 Å². The van der Waals surface area contributed by atoms with Crippen LogP contribution in [-0.2, 0) is 10.2 Å². The van der Waals surface area contributed by atoms with Gasteiger partial charge in [-0.3, -0.25) is 0 Å². The summed E-state index contributed by atoms with van der Waals surface area (Å²) in [5.41, 5.74) is 0.735. The van der Waals surface area contributed by atoms with Crippen LogP contribution in [0.3, 0.4) is 0 Å². The number of hydrogen-bond acceptors (Lipinski definition) is 6. The minimum absolute atomic E-state index is 0.215. The van der Waals surface area contributed by atoms with Gasteiger partial charge in [-0.05, 0) is 59.5 Å². The molecule has 4 rings (SSSR count). The van der Waals surface area contributed by atoms with Gasteiger partial charge >= 0.3 is 5.97 Å². The molecule has 1 unspecified atom stereocenters. The molecule has 0 aromatic heterocycles. The summed E-state index contributed by atoms with van der Waals surface area (Å²) in [5, 5.41) is 10.1. The zero-order valence-electron chi connectivity index (χ0n) is 18.3. The summed E-state index contributed by atoms with van der Waals surface area (Å²) in [7, 11) is 5.57. The van der Waals surface area contributed by atoms with E-state index in [2.05, 4.69) is 25.1 Å². The van der Waals surface area contributed by atoms with E-state index in [4.69, 9.17) is 25.8 Å². The largest absolute Gasteiger partial charge is 0.465 e. The van der Waals surface area contributed by atoms with Crippen LogP contribution >= 0.6 is 11.6 Å². The zero-order chi connectivity index (χ0) is 21.8. The van der Waals surface area contributed by atoms with Crippen molar-refractivity contribution in [1.82, 2.24) is 4.90 Å². The molecular weight excluding hydrogens is 404 g/mol. The molecular formula is C23H29ClN2O4. The topological polar surface area (TPSA) is 71.8 Å². The van der Waals surface area contributed by atoms with Crippen molar-refractivity contribution >= 4 is 17.6 Å². The van der Waals surface area contributed by atoms with E-state index in [1.54, 1.807) is 0 Å². The molecule has 2 saturated carbocycles. The average Bonchev–Trinajstić information content (AvgIpc) is 3.44. The van der Waals surface area contributed by atoms with Gasteiger partial charge in [0, 0.05) is 30.0 Å². The number of nitriles is 1. The fraction of sp³-hybridized carbons (Fsp3) is 0.652. The second-order valence-corrected chi connectivity index (χ2v) is 9.60. The highest BCUT2D eigenvalue weighted by Crippen LogP contribution is 2.59. The number of carbonyl (C=O) groups excluding carboxylic acids is 1. The Balaban J connectivity index is 1.73. The van der Waals surface area contributed by atoms with E-state index >= 15 is 0 Å². The molecule has 7 heteroatoms. The fourth-order valence-electron chi connectivity index (χ4n) is 5.07. The van der Waals surface area contributed by atoms with Gasteiger partial charge in [-0.15, -0.1) is 0 Å². The number of nitrogens with zero attached hydrogens (tertiary/aromatic N) is 2. The zero-order valence-corrected chi connectivity index (χ0v) is 19.1. The van der Waals surface area contributed by atoms with Gasteiger partial charge in [-0.1, -0.05) is 11.6 Å². The molecule has 2 aliphatic carbocycles. The lowest BCUT2D eigenvalue weighted by Crippen LogP contribution is -2.46. The van der Waals surface area contributed by atoms with Crippen LogP contribution in [0.5, 0.6) is 11.5 Å². The first-order valence-corrected chi connectivity index (χ1v) is 11.0. The van der Waals surface area contributed by atoms with Crippen molar-refractivity contribution in [2.75, 3.05) is 21.2 Å². The highest BCUT2D eigenvalue weighted by Gasteiger charge is 2.53. The molecule has 6 nitrogen and oxygen atoms in total. The molecule has 1 atom stereocenters. The maximum Gasteiger partial charge on any atom is 0.338 e. The van der Waals surface area contributed by atoms with Crippen LogP contribution in [0.15, 0.2) is 0 Å². The van der Waals surface area contributed by atoms with Crippen LogP contribution in [-0.4, -0.2) is 43.9 Å². The lowest BCUT2D eigenvalue weighted by Gasteiger charge is -2.39. The third-order valence-corrected chi connectivity index (χ3v) is 7.56. The number of methoxy groups -OCH3 is 1. The normalized spacial score (nSPS) is 28.9. The van der Waals surface area contributed by atoms with Crippen molar-refractivity contribution in [2.45, 2.75) is 69.6 Å². The average molecular weight is 433 g/mol. The second-order valence-electron chi connectivity index (χ2n) is 9.22. The summed E-state index contributed by atoms with van der Waals surface area (Å²) in [6, 6.07) is 2.92. The Morgan fingerprint density at radius 3 is 2.30 bits per heavy atom. The van der Waals surface area contributed by atoms with E-state index in [0.29, 0.717) is 52.1 Å². The van der Waals surface area contributed by atoms with Gasteiger partial charge < -0.3 is 19.1 Å². The van der Waals surface area contributed by atoms with Crippen LogP contribution in [0, 0.1) is 24.2 Å². The van der Waals surface area contributed by atoms with Crippen LogP contribution in [0.1, 0.15) is 66.9 Å². The van der Waals surface area contributed by atoms with Crippen molar-refractivity contribution in [3.63, 3.8) is 0 Å². The Bertz CT molecular complexity index is 926. The smallest absolute Gasteiger partial charge is 0.338 e. The maximum atomic E-state index is 12.7. The number of rotatable bonds is 4. The fourth-order valence-corrected chi connectivity index (χ4v) is 5.47. The van der Waals surface area contributed by atoms with E-state index in [9.17, 15) is 10.1 Å². The molecule has 0 amide bonds. The highest BCUT2D eigenvalue weighted by atomic mass is 35.5. The summed E-state index contributed by atoms with van der Waals surface area (Å²) in [4.78, 5) is 14.9. The van der Waals surface area contributed by atoms with Crippen molar-refractivity contribution in [3.8, 4) is 17.6 Å². The van der Waals surface area contributed by atoms with Gasteiger partial charge in [0.15, 0.2) is 11.5 Å².